The summed E-state index contributed by atoms with van der Waals surface area (Å²) in [5.74, 6) is 0. The fourth-order valence-electron chi connectivity index (χ4n) is 1.17. The third kappa shape index (κ3) is 2.86. The minimum Gasteiger partial charge on any atom is -0.306 e. The van der Waals surface area contributed by atoms with Crippen LogP contribution in [0.3, 0.4) is 0 Å². The van der Waals surface area contributed by atoms with E-state index in [4.69, 9.17) is 0 Å². The van der Waals surface area contributed by atoms with Gasteiger partial charge in [-0.15, -0.1) is 11.3 Å². The number of thiazole rings is 1. The Morgan fingerprint density at radius 2 is 2.25 bits per heavy atom. The molecule has 0 unspecified atom stereocenters. The van der Waals surface area contributed by atoms with Crippen molar-refractivity contribution in [2.45, 2.75) is 32.9 Å². The number of hydrogen-bond acceptors (Lipinski definition) is 5. The van der Waals surface area contributed by atoms with Gasteiger partial charge in [0, 0.05) is 17.5 Å². The lowest BCUT2D eigenvalue weighted by molar-refractivity contribution is 0.422. The van der Waals surface area contributed by atoms with Crippen molar-refractivity contribution in [2.75, 3.05) is 0 Å². The van der Waals surface area contributed by atoms with Gasteiger partial charge >= 0.3 is 0 Å². The number of rotatable bonds is 3. The van der Waals surface area contributed by atoms with E-state index < -0.39 is 0 Å². The first kappa shape index (κ1) is 11.2. The lowest BCUT2D eigenvalue weighted by atomic mass is 10.1. The maximum atomic E-state index is 4.49. The van der Waals surface area contributed by atoms with E-state index in [2.05, 4.69) is 46.5 Å². The number of aromatic amines is 1. The lowest BCUT2D eigenvalue weighted by Crippen LogP contribution is -2.35. The molecule has 2 aromatic heterocycles. The third-order valence-electron chi connectivity index (χ3n) is 1.99. The molecule has 0 radical (unpaired) electrons. The van der Waals surface area contributed by atoms with E-state index in [1.165, 1.54) is 0 Å². The SMILES string of the molecule is CC(C)(C)NCc1csc(-c2cn[nH]n2)n1. The summed E-state index contributed by atoms with van der Waals surface area (Å²) < 4.78 is 0. The fourth-order valence-corrected chi connectivity index (χ4v) is 1.94. The van der Waals surface area contributed by atoms with Gasteiger partial charge < -0.3 is 5.32 Å². The molecule has 0 saturated heterocycles. The Balaban J connectivity index is 2.03. The molecule has 0 aliphatic carbocycles. The molecule has 0 aliphatic heterocycles. The second-order valence-corrected chi connectivity index (χ2v) is 5.46. The zero-order valence-corrected chi connectivity index (χ0v) is 10.4. The minimum absolute atomic E-state index is 0.109. The Bertz CT molecular complexity index is 440. The maximum Gasteiger partial charge on any atom is 0.145 e. The number of hydrogen-bond donors (Lipinski definition) is 2. The van der Waals surface area contributed by atoms with Crippen molar-refractivity contribution in [2.24, 2.45) is 0 Å². The molecule has 0 fully saturated rings. The zero-order chi connectivity index (χ0) is 11.6. The van der Waals surface area contributed by atoms with Crippen LogP contribution >= 0.6 is 11.3 Å². The van der Waals surface area contributed by atoms with Gasteiger partial charge in [-0.3, -0.25) is 0 Å². The summed E-state index contributed by atoms with van der Waals surface area (Å²) in [4.78, 5) is 4.49. The van der Waals surface area contributed by atoms with Crippen LogP contribution in [0.5, 0.6) is 0 Å². The monoisotopic (exact) mass is 237 g/mol. The van der Waals surface area contributed by atoms with Crippen LogP contribution in [0.25, 0.3) is 10.7 Å². The standard InChI is InChI=1S/C10H15N5S/c1-10(2,3)11-4-7-6-16-9(13-7)8-5-12-15-14-8/h5-6,11H,4H2,1-3H3,(H,12,14,15). The van der Waals surface area contributed by atoms with Crippen LogP contribution in [0.15, 0.2) is 11.6 Å². The smallest absolute Gasteiger partial charge is 0.145 e. The molecule has 0 aliphatic rings. The Morgan fingerprint density at radius 3 is 2.88 bits per heavy atom. The van der Waals surface area contributed by atoms with Gasteiger partial charge in [0.1, 0.15) is 10.7 Å². The highest BCUT2D eigenvalue weighted by molar-refractivity contribution is 7.13. The predicted molar refractivity (Wildman–Crippen MR) is 64.1 cm³/mol. The van der Waals surface area contributed by atoms with Crippen LogP contribution in [-0.2, 0) is 6.54 Å². The molecule has 2 aromatic rings. The van der Waals surface area contributed by atoms with Crippen LogP contribution in [0, 0.1) is 0 Å². The quantitative estimate of drug-likeness (QED) is 0.854. The van der Waals surface area contributed by atoms with E-state index >= 15 is 0 Å². The van der Waals surface area contributed by atoms with Gasteiger partial charge in [-0.05, 0) is 20.8 Å². The van der Waals surface area contributed by atoms with Crippen LogP contribution in [0.4, 0.5) is 0 Å². The average Bonchev–Trinajstić information content (AvgIpc) is 2.84. The van der Waals surface area contributed by atoms with Gasteiger partial charge in [-0.25, -0.2) is 4.98 Å². The normalized spacial score (nSPS) is 11.9. The molecule has 0 spiro atoms. The van der Waals surface area contributed by atoms with E-state index in [-0.39, 0.29) is 5.54 Å². The molecule has 2 N–H and O–H groups in total. The largest absolute Gasteiger partial charge is 0.306 e. The Hall–Kier alpha value is -1.27. The molecule has 2 heterocycles. The third-order valence-corrected chi connectivity index (χ3v) is 2.90. The van der Waals surface area contributed by atoms with E-state index in [0.29, 0.717) is 0 Å². The molecule has 2 rings (SSSR count). The first-order valence-electron chi connectivity index (χ1n) is 5.10. The summed E-state index contributed by atoms with van der Waals surface area (Å²) >= 11 is 1.58. The first-order valence-corrected chi connectivity index (χ1v) is 5.98. The van der Waals surface area contributed by atoms with Gasteiger partial charge in [0.05, 0.1) is 11.9 Å². The van der Waals surface area contributed by atoms with Gasteiger partial charge in [0.2, 0.25) is 0 Å². The van der Waals surface area contributed by atoms with Crippen molar-refractivity contribution in [1.29, 1.82) is 0 Å². The molecule has 0 amide bonds. The molecule has 16 heavy (non-hydrogen) atoms. The van der Waals surface area contributed by atoms with Crippen molar-refractivity contribution in [3.8, 4) is 10.7 Å². The van der Waals surface area contributed by atoms with Gasteiger partial charge in [-0.2, -0.15) is 15.4 Å². The lowest BCUT2D eigenvalue weighted by Gasteiger charge is -2.19. The number of H-pyrrole nitrogens is 1. The summed E-state index contributed by atoms with van der Waals surface area (Å²) in [7, 11) is 0. The predicted octanol–water partition coefficient (Wildman–Crippen LogP) is 1.82. The topological polar surface area (TPSA) is 66.5 Å². The van der Waals surface area contributed by atoms with E-state index in [9.17, 15) is 0 Å². The first-order chi connectivity index (χ1) is 7.54. The summed E-state index contributed by atoms with van der Waals surface area (Å²) in [6.45, 7) is 7.19. The van der Waals surface area contributed by atoms with Crippen LogP contribution < -0.4 is 5.32 Å². The van der Waals surface area contributed by atoms with Crippen molar-refractivity contribution in [3.63, 3.8) is 0 Å². The molecule has 0 bridgehead atoms. The molecule has 0 saturated carbocycles. The Labute approximate surface area is 98.3 Å². The molecule has 86 valence electrons. The molecule has 0 aromatic carbocycles. The number of aromatic nitrogens is 4. The van der Waals surface area contributed by atoms with Crippen LogP contribution in [0.2, 0.25) is 0 Å². The Morgan fingerprint density at radius 1 is 1.44 bits per heavy atom. The minimum atomic E-state index is 0.109. The zero-order valence-electron chi connectivity index (χ0n) is 9.61. The summed E-state index contributed by atoms with van der Waals surface area (Å²) in [6, 6.07) is 0. The van der Waals surface area contributed by atoms with Gasteiger partial charge in [0.25, 0.3) is 0 Å². The molecule has 6 heteroatoms. The van der Waals surface area contributed by atoms with Crippen molar-refractivity contribution in [1.82, 2.24) is 25.7 Å². The Kier molecular flexibility index (Phi) is 3.02. The molecule has 5 nitrogen and oxygen atoms in total. The van der Waals surface area contributed by atoms with Gasteiger partial charge in [0.15, 0.2) is 0 Å². The van der Waals surface area contributed by atoms with Crippen LogP contribution in [-0.4, -0.2) is 25.9 Å². The second kappa shape index (κ2) is 4.31. The average molecular weight is 237 g/mol. The highest BCUT2D eigenvalue weighted by atomic mass is 32.1. The number of nitrogens with zero attached hydrogens (tertiary/aromatic N) is 3. The molecule has 0 atom stereocenters. The fraction of sp³-hybridized carbons (Fsp3) is 0.500. The summed E-state index contributed by atoms with van der Waals surface area (Å²) in [6.07, 6.45) is 1.68. The molecular formula is C10H15N5S. The van der Waals surface area contributed by atoms with E-state index in [1.807, 2.05) is 5.38 Å². The second-order valence-electron chi connectivity index (χ2n) is 4.60. The summed E-state index contributed by atoms with van der Waals surface area (Å²) in [5, 5.41) is 16.7. The summed E-state index contributed by atoms with van der Waals surface area (Å²) in [5.41, 5.74) is 1.95. The highest BCUT2D eigenvalue weighted by Gasteiger charge is 2.11. The van der Waals surface area contributed by atoms with E-state index in [1.54, 1.807) is 17.5 Å². The highest BCUT2D eigenvalue weighted by Crippen LogP contribution is 2.20. The van der Waals surface area contributed by atoms with E-state index in [0.717, 1.165) is 22.9 Å². The van der Waals surface area contributed by atoms with Crippen LogP contribution in [0.1, 0.15) is 26.5 Å². The molecular weight excluding hydrogens is 222 g/mol. The van der Waals surface area contributed by atoms with Crippen molar-refractivity contribution < 1.29 is 0 Å². The van der Waals surface area contributed by atoms with Gasteiger partial charge in [-0.1, -0.05) is 0 Å². The number of nitrogens with one attached hydrogen (secondary N) is 2. The van der Waals surface area contributed by atoms with Crippen molar-refractivity contribution in [3.05, 3.63) is 17.3 Å². The maximum absolute atomic E-state index is 4.49. The van der Waals surface area contributed by atoms with Crippen molar-refractivity contribution >= 4 is 11.3 Å².